The largest absolute Gasteiger partial charge is 0.457 e. The molecule has 1 atom stereocenters. The summed E-state index contributed by atoms with van der Waals surface area (Å²) in [5.41, 5.74) is 0.357. The van der Waals surface area contributed by atoms with Crippen LogP contribution >= 0.6 is 7.60 Å². The van der Waals surface area contributed by atoms with Crippen molar-refractivity contribution in [3.05, 3.63) is 129 Å². The van der Waals surface area contributed by atoms with Crippen LogP contribution in [0.5, 0.6) is 11.5 Å². The van der Waals surface area contributed by atoms with Crippen LogP contribution < -0.4 is 30.9 Å². The van der Waals surface area contributed by atoms with Crippen molar-refractivity contribution in [3.63, 3.8) is 0 Å². The van der Waals surface area contributed by atoms with Gasteiger partial charge in [0.2, 0.25) is 11.8 Å². The van der Waals surface area contributed by atoms with Gasteiger partial charge in [-0.15, -0.1) is 0 Å². The zero-order valence-electron chi connectivity index (χ0n) is 22.4. The van der Waals surface area contributed by atoms with Crippen LogP contribution in [0.4, 0.5) is 0 Å². The fourth-order valence-corrected chi connectivity index (χ4v) is 5.72. The fourth-order valence-electron chi connectivity index (χ4n) is 3.80. The molecular weight excluding hydrogens is 547 g/mol. The Hall–Kier alpha value is -4.89. The molecule has 0 spiro atoms. The third-order valence-electron chi connectivity index (χ3n) is 5.91. The van der Waals surface area contributed by atoms with Gasteiger partial charge < -0.3 is 19.7 Å². The van der Waals surface area contributed by atoms with Gasteiger partial charge in [-0.05, 0) is 43.7 Å². The molecule has 212 valence electrons. The molecule has 4 rings (SSSR count). The number of nitrogens with one attached hydrogen (secondary N) is 3. The number of amides is 2. The van der Waals surface area contributed by atoms with E-state index in [-0.39, 0.29) is 17.1 Å². The number of rotatable bonds is 11. The lowest BCUT2D eigenvalue weighted by molar-refractivity contribution is -0.126. The highest BCUT2D eigenvalue weighted by Crippen LogP contribution is 2.58. The Morgan fingerprint density at radius 1 is 0.854 bits per heavy atom. The third-order valence-corrected chi connectivity index (χ3v) is 7.90. The molecule has 12 heteroatoms. The van der Waals surface area contributed by atoms with Crippen molar-refractivity contribution in [2.45, 2.75) is 26.2 Å². The van der Waals surface area contributed by atoms with Crippen LogP contribution in [0, 0.1) is 13.8 Å². The number of hydrogen-bond acceptors (Lipinski definition) is 7. The molecule has 0 radical (unpaired) electrons. The average Bonchev–Trinajstić information content (AvgIpc) is 2.95. The molecule has 0 bridgehead atoms. The number of H-pyrrole nitrogens is 1. The summed E-state index contributed by atoms with van der Waals surface area (Å²) in [4.78, 5) is 51.3. The highest BCUT2D eigenvalue weighted by molar-refractivity contribution is 7.55. The van der Waals surface area contributed by atoms with E-state index in [1.54, 1.807) is 84.9 Å². The van der Waals surface area contributed by atoms with Crippen molar-refractivity contribution < 1.29 is 23.2 Å². The lowest BCUT2D eigenvalue weighted by atomic mass is 10.1. The highest BCUT2D eigenvalue weighted by atomic mass is 31.2. The first-order valence-electron chi connectivity index (χ1n) is 12.6. The molecule has 3 aromatic carbocycles. The molecule has 2 amide bonds. The van der Waals surface area contributed by atoms with E-state index in [4.69, 9.17) is 9.05 Å². The van der Waals surface area contributed by atoms with Gasteiger partial charge in [0.25, 0.3) is 5.56 Å². The SMILES string of the molecule is Cc1ccc(C(NC(=O)CNC(=O)Cn2cc(C)c(=O)[nH]c2=O)P(=O)(Oc2ccccc2)Oc2ccccc2)cc1. The molecule has 0 aliphatic heterocycles. The Morgan fingerprint density at radius 3 is 1.98 bits per heavy atom. The first kappa shape index (κ1) is 29.1. The predicted molar refractivity (Wildman–Crippen MR) is 153 cm³/mol. The summed E-state index contributed by atoms with van der Waals surface area (Å²) in [6.07, 6.45) is 1.26. The first-order chi connectivity index (χ1) is 19.6. The number of carbonyl (C=O) groups is 2. The minimum atomic E-state index is -4.21. The van der Waals surface area contributed by atoms with Crippen LogP contribution in [0.15, 0.2) is 101 Å². The maximum absolute atomic E-state index is 14.5. The fraction of sp³-hybridized carbons (Fsp3) is 0.172. The Morgan fingerprint density at radius 2 is 1.41 bits per heavy atom. The van der Waals surface area contributed by atoms with E-state index in [1.807, 2.05) is 6.92 Å². The Kier molecular flexibility index (Phi) is 9.21. The van der Waals surface area contributed by atoms with E-state index in [0.29, 0.717) is 5.56 Å². The predicted octanol–water partition coefficient (Wildman–Crippen LogP) is 3.44. The summed E-state index contributed by atoms with van der Waals surface area (Å²) in [6, 6.07) is 23.9. The van der Waals surface area contributed by atoms with Gasteiger partial charge in [0, 0.05) is 11.8 Å². The highest BCUT2D eigenvalue weighted by Gasteiger charge is 2.42. The lowest BCUT2D eigenvalue weighted by Gasteiger charge is -2.28. The lowest BCUT2D eigenvalue weighted by Crippen LogP contribution is -2.42. The number of aromatic amines is 1. The van der Waals surface area contributed by atoms with E-state index in [9.17, 15) is 23.7 Å². The van der Waals surface area contributed by atoms with Crippen molar-refractivity contribution in [2.24, 2.45) is 0 Å². The number of aromatic nitrogens is 2. The van der Waals surface area contributed by atoms with Gasteiger partial charge in [0.05, 0.1) is 6.54 Å². The molecule has 4 aromatic rings. The van der Waals surface area contributed by atoms with Crippen molar-refractivity contribution in [1.29, 1.82) is 0 Å². The van der Waals surface area contributed by atoms with E-state index in [2.05, 4.69) is 15.6 Å². The van der Waals surface area contributed by atoms with Gasteiger partial charge >= 0.3 is 13.3 Å². The quantitative estimate of drug-likeness (QED) is 0.232. The van der Waals surface area contributed by atoms with Gasteiger partial charge in [-0.3, -0.25) is 23.9 Å². The summed E-state index contributed by atoms with van der Waals surface area (Å²) >= 11 is 0. The molecule has 3 N–H and O–H groups in total. The molecule has 41 heavy (non-hydrogen) atoms. The number of hydrogen-bond donors (Lipinski definition) is 3. The summed E-state index contributed by atoms with van der Waals surface area (Å²) < 4.78 is 27.5. The smallest absolute Gasteiger partial charge is 0.414 e. The minimum Gasteiger partial charge on any atom is -0.414 e. The number of benzene rings is 3. The second kappa shape index (κ2) is 13.0. The van der Waals surface area contributed by atoms with Crippen molar-refractivity contribution >= 4 is 19.4 Å². The zero-order chi connectivity index (χ0) is 29.4. The van der Waals surface area contributed by atoms with Gasteiger partial charge in [-0.1, -0.05) is 66.2 Å². The van der Waals surface area contributed by atoms with Crippen LogP contribution in [0.3, 0.4) is 0 Å². The Bertz CT molecular complexity index is 1620. The monoisotopic (exact) mass is 576 g/mol. The van der Waals surface area contributed by atoms with E-state index in [1.165, 1.54) is 13.1 Å². The molecule has 0 fully saturated rings. The van der Waals surface area contributed by atoms with Crippen LogP contribution in [0.25, 0.3) is 0 Å². The molecule has 0 aliphatic carbocycles. The molecular formula is C29H29N4O7P. The van der Waals surface area contributed by atoms with Gasteiger partial charge in [0.15, 0.2) is 5.78 Å². The standard InChI is InChI=1S/C29H29N4O7P/c1-20-13-15-22(16-14-20)28(31-25(34)17-30-26(35)19-33-18-21(2)27(36)32-29(33)37)41(38,39-23-9-5-3-6-10-23)40-24-11-7-4-8-12-24/h3-16,18,28H,17,19H2,1-2H3,(H,30,35)(H,31,34)(H,32,36,37). The molecule has 0 saturated heterocycles. The summed E-state index contributed by atoms with van der Waals surface area (Å²) in [7, 11) is -4.21. The van der Waals surface area contributed by atoms with E-state index >= 15 is 0 Å². The van der Waals surface area contributed by atoms with Crippen molar-refractivity contribution in [1.82, 2.24) is 20.2 Å². The molecule has 11 nitrogen and oxygen atoms in total. The molecule has 1 aromatic heterocycles. The number of carbonyl (C=O) groups excluding carboxylic acids is 2. The van der Waals surface area contributed by atoms with Gasteiger partial charge in [-0.25, -0.2) is 9.36 Å². The summed E-state index contributed by atoms with van der Waals surface area (Å²) in [5, 5.41) is 5.13. The molecule has 1 unspecified atom stereocenters. The van der Waals surface area contributed by atoms with Crippen LogP contribution in [-0.2, 0) is 20.7 Å². The van der Waals surface area contributed by atoms with Gasteiger partial charge in [-0.2, -0.15) is 0 Å². The number of nitrogens with zero attached hydrogens (tertiary/aromatic N) is 1. The zero-order valence-corrected chi connectivity index (χ0v) is 23.3. The third kappa shape index (κ3) is 7.83. The van der Waals surface area contributed by atoms with Crippen LogP contribution in [0.2, 0.25) is 0 Å². The van der Waals surface area contributed by atoms with Crippen LogP contribution in [0.1, 0.15) is 22.5 Å². The maximum Gasteiger partial charge on any atom is 0.457 e. The number of para-hydroxylation sites is 2. The molecule has 0 aliphatic rings. The summed E-state index contributed by atoms with van der Waals surface area (Å²) in [6.45, 7) is 2.48. The van der Waals surface area contributed by atoms with E-state index in [0.717, 1.165) is 10.1 Å². The molecule has 0 saturated carbocycles. The Labute approximate surface area is 235 Å². The van der Waals surface area contributed by atoms with Crippen molar-refractivity contribution in [3.8, 4) is 11.5 Å². The Balaban J connectivity index is 1.57. The second-order valence-corrected chi connectivity index (χ2v) is 11.2. The van der Waals surface area contributed by atoms with Crippen LogP contribution in [-0.4, -0.2) is 27.9 Å². The maximum atomic E-state index is 14.5. The minimum absolute atomic E-state index is 0.253. The molecule has 1 heterocycles. The summed E-state index contributed by atoms with van der Waals surface area (Å²) in [5.74, 6) is -2.04. The average molecular weight is 577 g/mol. The first-order valence-corrected chi connectivity index (χ1v) is 14.3. The topological polar surface area (TPSA) is 149 Å². The second-order valence-electron chi connectivity index (χ2n) is 9.21. The van der Waals surface area contributed by atoms with Gasteiger partial charge in [0.1, 0.15) is 18.0 Å². The van der Waals surface area contributed by atoms with Crippen molar-refractivity contribution in [2.75, 3.05) is 6.54 Å². The number of aryl methyl sites for hydroxylation is 2. The van der Waals surface area contributed by atoms with E-state index < -0.39 is 49.5 Å². The normalized spacial score (nSPS) is 11.8.